The van der Waals surface area contributed by atoms with Gasteiger partial charge in [-0.05, 0) is 25.8 Å². The summed E-state index contributed by atoms with van der Waals surface area (Å²) in [7, 11) is 0. The van der Waals surface area contributed by atoms with Gasteiger partial charge in [-0.1, -0.05) is 0 Å². The summed E-state index contributed by atoms with van der Waals surface area (Å²) in [5, 5.41) is 12.4. The molecule has 3 rings (SSSR count). The lowest BCUT2D eigenvalue weighted by Gasteiger charge is -2.23. The minimum Gasteiger partial charge on any atom is -0.481 e. The van der Waals surface area contributed by atoms with Crippen LogP contribution in [0.25, 0.3) is 0 Å². The van der Waals surface area contributed by atoms with Crippen LogP contribution in [0.15, 0.2) is 6.20 Å². The molecule has 17 heavy (non-hydrogen) atoms. The van der Waals surface area contributed by atoms with E-state index < -0.39 is 5.97 Å². The number of aliphatic carboxylic acids is 1. The lowest BCUT2D eigenvalue weighted by Crippen LogP contribution is -2.28. The van der Waals surface area contributed by atoms with Crippen LogP contribution >= 0.6 is 0 Å². The summed E-state index contributed by atoms with van der Waals surface area (Å²) in [5.41, 5.74) is 1.20. The summed E-state index contributed by atoms with van der Waals surface area (Å²) in [6.07, 6.45) is 4.60. The molecule has 0 radical (unpaired) electrons. The molecule has 0 saturated carbocycles. The van der Waals surface area contributed by atoms with Gasteiger partial charge in [-0.15, -0.1) is 0 Å². The van der Waals surface area contributed by atoms with Crippen molar-refractivity contribution in [1.29, 1.82) is 0 Å². The molecule has 0 bridgehead atoms. The van der Waals surface area contributed by atoms with Crippen LogP contribution in [0.2, 0.25) is 0 Å². The van der Waals surface area contributed by atoms with Gasteiger partial charge in [-0.25, -0.2) is 4.98 Å². The Morgan fingerprint density at radius 1 is 1.53 bits per heavy atom. The van der Waals surface area contributed by atoms with Crippen LogP contribution in [-0.4, -0.2) is 33.7 Å². The number of rotatable bonds is 2. The molecule has 0 aliphatic carbocycles. The van der Waals surface area contributed by atoms with Gasteiger partial charge in [0.1, 0.15) is 5.82 Å². The number of imidazole rings is 1. The van der Waals surface area contributed by atoms with E-state index in [1.54, 1.807) is 0 Å². The van der Waals surface area contributed by atoms with E-state index >= 15 is 0 Å². The van der Waals surface area contributed by atoms with Crippen molar-refractivity contribution in [1.82, 2.24) is 14.9 Å². The molecule has 5 nitrogen and oxygen atoms in total. The fraction of sp³-hybridized carbons (Fsp3) is 0.667. The number of aryl methyl sites for hydroxylation is 1. The smallest absolute Gasteiger partial charge is 0.308 e. The number of fused-ring (bicyclic) bond motifs is 1. The summed E-state index contributed by atoms with van der Waals surface area (Å²) >= 11 is 0. The van der Waals surface area contributed by atoms with Gasteiger partial charge in [0.25, 0.3) is 0 Å². The Morgan fingerprint density at radius 2 is 2.41 bits per heavy atom. The highest BCUT2D eigenvalue weighted by Gasteiger charge is 2.29. The maximum absolute atomic E-state index is 11.1. The third-order valence-corrected chi connectivity index (χ3v) is 3.90. The van der Waals surface area contributed by atoms with Crippen molar-refractivity contribution in [2.45, 2.75) is 31.7 Å². The number of carbonyl (C=O) groups is 1. The van der Waals surface area contributed by atoms with Crippen LogP contribution in [-0.2, 0) is 17.8 Å². The van der Waals surface area contributed by atoms with Gasteiger partial charge in [0.05, 0.1) is 5.92 Å². The highest BCUT2D eigenvalue weighted by Crippen LogP contribution is 2.28. The Hall–Kier alpha value is -1.36. The number of carboxylic acid groups (broad SMARTS) is 1. The van der Waals surface area contributed by atoms with Gasteiger partial charge in [0.15, 0.2) is 0 Å². The van der Waals surface area contributed by atoms with Crippen molar-refractivity contribution in [2.24, 2.45) is 5.92 Å². The lowest BCUT2D eigenvalue weighted by atomic mass is 9.97. The standard InChI is InChI=1S/C12H17N3O2/c16-12(17)9-1-2-10-6-14-11(15(10)7-9)8-3-4-13-5-8/h6,8-9,13H,1-5,7H2,(H,16,17). The third-order valence-electron chi connectivity index (χ3n) is 3.90. The van der Waals surface area contributed by atoms with Crippen molar-refractivity contribution in [3.8, 4) is 0 Å². The van der Waals surface area contributed by atoms with Crippen molar-refractivity contribution >= 4 is 5.97 Å². The molecule has 0 aromatic carbocycles. The first-order valence-corrected chi connectivity index (χ1v) is 6.23. The molecule has 2 aliphatic heterocycles. The van der Waals surface area contributed by atoms with Gasteiger partial charge in [-0.3, -0.25) is 4.79 Å². The van der Waals surface area contributed by atoms with Crippen molar-refractivity contribution in [3.63, 3.8) is 0 Å². The number of hydrogen-bond donors (Lipinski definition) is 2. The molecule has 1 fully saturated rings. The maximum atomic E-state index is 11.1. The molecule has 2 N–H and O–H groups in total. The first kappa shape index (κ1) is 10.8. The SMILES string of the molecule is O=C(O)C1CCc2cnc(C3CCNC3)n2C1. The van der Waals surface area contributed by atoms with Crippen molar-refractivity contribution in [2.75, 3.05) is 13.1 Å². The average Bonchev–Trinajstić information content (AvgIpc) is 2.96. The number of nitrogens with zero attached hydrogens (tertiary/aromatic N) is 2. The summed E-state index contributed by atoms with van der Waals surface area (Å²) in [6, 6.07) is 0. The molecular formula is C12H17N3O2. The van der Waals surface area contributed by atoms with E-state index in [2.05, 4.69) is 14.9 Å². The van der Waals surface area contributed by atoms with Crippen LogP contribution in [0.1, 0.15) is 30.3 Å². The zero-order chi connectivity index (χ0) is 11.8. The lowest BCUT2D eigenvalue weighted by molar-refractivity contribution is -0.142. The average molecular weight is 235 g/mol. The predicted molar refractivity (Wildman–Crippen MR) is 61.9 cm³/mol. The normalized spacial score (nSPS) is 28.0. The summed E-state index contributed by atoms with van der Waals surface area (Å²) in [6.45, 7) is 2.60. The Labute approximate surface area is 99.8 Å². The molecule has 5 heteroatoms. The van der Waals surface area contributed by atoms with E-state index in [4.69, 9.17) is 5.11 Å². The minimum atomic E-state index is -0.681. The largest absolute Gasteiger partial charge is 0.481 e. The van der Waals surface area contributed by atoms with E-state index in [0.29, 0.717) is 12.5 Å². The van der Waals surface area contributed by atoms with E-state index in [-0.39, 0.29) is 5.92 Å². The fourth-order valence-corrected chi connectivity index (χ4v) is 2.87. The molecule has 3 heterocycles. The molecule has 2 aliphatic rings. The second-order valence-electron chi connectivity index (χ2n) is 4.98. The third kappa shape index (κ3) is 1.84. The molecule has 0 amide bonds. The Morgan fingerprint density at radius 3 is 3.12 bits per heavy atom. The van der Waals surface area contributed by atoms with Crippen LogP contribution < -0.4 is 5.32 Å². The van der Waals surface area contributed by atoms with E-state index in [1.807, 2.05) is 6.20 Å². The molecule has 92 valence electrons. The highest BCUT2D eigenvalue weighted by atomic mass is 16.4. The zero-order valence-electron chi connectivity index (χ0n) is 9.72. The van der Waals surface area contributed by atoms with Gasteiger partial charge in [0.2, 0.25) is 0 Å². The summed E-state index contributed by atoms with van der Waals surface area (Å²) < 4.78 is 2.14. The molecule has 1 aromatic heterocycles. The number of carboxylic acids is 1. The van der Waals surface area contributed by atoms with Crippen molar-refractivity contribution in [3.05, 3.63) is 17.7 Å². The van der Waals surface area contributed by atoms with E-state index in [1.165, 1.54) is 5.69 Å². The zero-order valence-corrected chi connectivity index (χ0v) is 9.72. The number of aromatic nitrogens is 2. The van der Waals surface area contributed by atoms with Gasteiger partial charge < -0.3 is 15.0 Å². The van der Waals surface area contributed by atoms with Crippen LogP contribution in [0.3, 0.4) is 0 Å². The van der Waals surface area contributed by atoms with Crippen molar-refractivity contribution < 1.29 is 9.90 Å². The van der Waals surface area contributed by atoms with Gasteiger partial charge in [-0.2, -0.15) is 0 Å². The first-order valence-electron chi connectivity index (χ1n) is 6.23. The Balaban J connectivity index is 1.88. The van der Waals surface area contributed by atoms with Crippen LogP contribution in [0.4, 0.5) is 0 Å². The second kappa shape index (κ2) is 4.14. The number of nitrogens with one attached hydrogen (secondary N) is 1. The number of hydrogen-bond acceptors (Lipinski definition) is 3. The Kier molecular flexibility index (Phi) is 2.63. The molecular weight excluding hydrogens is 218 g/mol. The minimum absolute atomic E-state index is 0.246. The molecule has 1 saturated heterocycles. The quantitative estimate of drug-likeness (QED) is 0.788. The molecule has 2 unspecified atom stereocenters. The molecule has 2 atom stereocenters. The van der Waals surface area contributed by atoms with Gasteiger partial charge >= 0.3 is 5.97 Å². The Bertz CT molecular complexity index is 435. The van der Waals surface area contributed by atoms with Crippen LogP contribution in [0, 0.1) is 5.92 Å². The molecule has 0 spiro atoms. The van der Waals surface area contributed by atoms with Gasteiger partial charge in [0, 0.05) is 30.9 Å². The topological polar surface area (TPSA) is 67.2 Å². The molecule has 1 aromatic rings. The highest BCUT2D eigenvalue weighted by molar-refractivity contribution is 5.70. The van der Waals surface area contributed by atoms with E-state index in [9.17, 15) is 4.79 Å². The summed E-state index contributed by atoms with van der Waals surface area (Å²) in [4.78, 5) is 15.6. The fourth-order valence-electron chi connectivity index (χ4n) is 2.87. The van der Waals surface area contributed by atoms with E-state index in [0.717, 1.165) is 38.2 Å². The maximum Gasteiger partial charge on any atom is 0.308 e. The monoisotopic (exact) mass is 235 g/mol. The summed E-state index contributed by atoms with van der Waals surface area (Å²) in [5.74, 6) is 0.608. The second-order valence-corrected chi connectivity index (χ2v) is 4.98. The van der Waals surface area contributed by atoms with Crippen LogP contribution in [0.5, 0.6) is 0 Å². The first-order chi connectivity index (χ1) is 8.25. The predicted octanol–water partition coefficient (Wildman–Crippen LogP) is 0.607.